The van der Waals surface area contributed by atoms with Crippen LogP contribution in [0.2, 0.25) is 0 Å². The Bertz CT molecular complexity index is 417. The number of nitrogens with zero attached hydrogens (tertiary/aromatic N) is 1. The van der Waals surface area contributed by atoms with Crippen LogP contribution < -0.4 is 4.74 Å². The highest BCUT2D eigenvalue weighted by Gasteiger charge is 2.05. The fourth-order valence-corrected chi connectivity index (χ4v) is 1.91. The molecule has 4 nitrogen and oxygen atoms in total. The zero-order chi connectivity index (χ0) is 12.7. The minimum absolute atomic E-state index is 0.189. The van der Waals surface area contributed by atoms with Gasteiger partial charge < -0.3 is 9.64 Å². The van der Waals surface area contributed by atoms with Crippen molar-refractivity contribution in [1.29, 1.82) is 0 Å². The third-order valence-corrected chi connectivity index (χ3v) is 3.25. The highest BCUT2D eigenvalue weighted by atomic mass is 32.2. The summed E-state index contributed by atoms with van der Waals surface area (Å²) >= 11 is 0. The number of para-hydroxylation sites is 1. The maximum Gasteiger partial charge on any atom is 0.148 e. The van der Waals surface area contributed by atoms with E-state index >= 15 is 0 Å². The molecule has 0 radical (unpaired) electrons. The molecule has 5 heteroatoms. The standard InChI is InChI=1S/C12H19NO3S/c1-13(9-11-17(2,14)15)8-10-16-12-6-4-3-5-7-12/h3-7H,8-11H2,1-2H3. The molecule has 0 aliphatic rings. The van der Waals surface area contributed by atoms with Crippen LogP contribution in [0.4, 0.5) is 0 Å². The summed E-state index contributed by atoms with van der Waals surface area (Å²) in [5, 5.41) is 0. The van der Waals surface area contributed by atoms with Crippen molar-refractivity contribution in [3.63, 3.8) is 0 Å². The van der Waals surface area contributed by atoms with Crippen LogP contribution in [-0.4, -0.2) is 52.1 Å². The van der Waals surface area contributed by atoms with E-state index in [-0.39, 0.29) is 5.75 Å². The van der Waals surface area contributed by atoms with Crippen molar-refractivity contribution in [2.75, 3.05) is 38.8 Å². The second-order valence-electron chi connectivity index (χ2n) is 4.09. The Labute approximate surface area is 103 Å². The molecule has 1 aromatic rings. The van der Waals surface area contributed by atoms with Gasteiger partial charge in [-0.2, -0.15) is 0 Å². The SMILES string of the molecule is CN(CCOc1ccccc1)CCS(C)(=O)=O. The van der Waals surface area contributed by atoms with Gasteiger partial charge >= 0.3 is 0 Å². The first-order valence-electron chi connectivity index (χ1n) is 5.51. The first-order valence-corrected chi connectivity index (χ1v) is 7.57. The van der Waals surface area contributed by atoms with Crippen molar-refractivity contribution in [1.82, 2.24) is 4.90 Å². The number of benzene rings is 1. The molecule has 0 amide bonds. The van der Waals surface area contributed by atoms with Crippen LogP contribution in [-0.2, 0) is 9.84 Å². The van der Waals surface area contributed by atoms with Crippen molar-refractivity contribution in [2.24, 2.45) is 0 Å². The van der Waals surface area contributed by atoms with Crippen LogP contribution >= 0.6 is 0 Å². The predicted octanol–water partition coefficient (Wildman–Crippen LogP) is 1.04. The lowest BCUT2D eigenvalue weighted by atomic mass is 10.3. The first kappa shape index (κ1) is 14.0. The summed E-state index contributed by atoms with van der Waals surface area (Å²) in [5.41, 5.74) is 0. The van der Waals surface area contributed by atoms with Gasteiger partial charge in [0.2, 0.25) is 0 Å². The Hall–Kier alpha value is -1.07. The van der Waals surface area contributed by atoms with Gasteiger partial charge in [0, 0.05) is 19.3 Å². The van der Waals surface area contributed by atoms with E-state index in [2.05, 4.69) is 0 Å². The molecule has 0 aliphatic heterocycles. The van der Waals surface area contributed by atoms with Crippen LogP contribution in [0.15, 0.2) is 30.3 Å². The molecule has 96 valence electrons. The van der Waals surface area contributed by atoms with E-state index in [0.717, 1.165) is 5.75 Å². The van der Waals surface area contributed by atoms with E-state index in [1.807, 2.05) is 42.3 Å². The highest BCUT2D eigenvalue weighted by Crippen LogP contribution is 2.07. The average Bonchev–Trinajstić information content (AvgIpc) is 2.27. The Kier molecular flexibility index (Phi) is 5.44. The molecular weight excluding hydrogens is 238 g/mol. The summed E-state index contributed by atoms with van der Waals surface area (Å²) in [6.07, 6.45) is 1.25. The van der Waals surface area contributed by atoms with Crippen LogP contribution in [0, 0.1) is 0 Å². The van der Waals surface area contributed by atoms with Crippen LogP contribution in [0.3, 0.4) is 0 Å². The smallest absolute Gasteiger partial charge is 0.148 e. The summed E-state index contributed by atoms with van der Waals surface area (Å²) in [6, 6.07) is 9.57. The van der Waals surface area contributed by atoms with Gasteiger partial charge in [0.05, 0.1) is 5.75 Å². The fraction of sp³-hybridized carbons (Fsp3) is 0.500. The van der Waals surface area contributed by atoms with Gasteiger partial charge in [0.1, 0.15) is 22.2 Å². The molecule has 0 spiro atoms. The number of hydrogen-bond acceptors (Lipinski definition) is 4. The minimum atomic E-state index is -2.88. The molecule has 0 unspecified atom stereocenters. The molecule has 0 saturated carbocycles. The first-order chi connectivity index (χ1) is 7.97. The van der Waals surface area contributed by atoms with E-state index in [0.29, 0.717) is 19.7 Å². The topological polar surface area (TPSA) is 46.6 Å². The number of hydrogen-bond donors (Lipinski definition) is 0. The van der Waals surface area contributed by atoms with Crippen molar-refractivity contribution in [3.8, 4) is 5.75 Å². The molecule has 0 atom stereocenters. The molecule has 0 saturated heterocycles. The lowest BCUT2D eigenvalue weighted by Crippen LogP contribution is -2.29. The Morgan fingerprint density at radius 3 is 2.41 bits per heavy atom. The Morgan fingerprint density at radius 2 is 1.82 bits per heavy atom. The molecule has 0 bridgehead atoms. The monoisotopic (exact) mass is 257 g/mol. The largest absolute Gasteiger partial charge is 0.492 e. The predicted molar refractivity (Wildman–Crippen MR) is 69.1 cm³/mol. The van der Waals surface area contributed by atoms with Gasteiger partial charge in [-0.05, 0) is 19.2 Å². The lowest BCUT2D eigenvalue weighted by molar-refractivity contribution is 0.244. The summed E-state index contributed by atoms with van der Waals surface area (Å²) in [7, 11) is -0.990. The van der Waals surface area contributed by atoms with E-state index in [1.165, 1.54) is 6.26 Å². The molecule has 0 aliphatic carbocycles. The number of likely N-dealkylation sites (N-methyl/N-ethyl adjacent to an activating group) is 1. The van der Waals surface area contributed by atoms with E-state index < -0.39 is 9.84 Å². The normalized spacial score (nSPS) is 11.7. The van der Waals surface area contributed by atoms with Crippen molar-refractivity contribution in [3.05, 3.63) is 30.3 Å². The average molecular weight is 257 g/mol. The van der Waals surface area contributed by atoms with E-state index in [1.54, 1.807) is 0 Å². The molecule has 0 aromatic heterocycles. The maximum absolute atomic E-state index is 11.0. The Morgan fingerprint density at radius 1 is 1.18 bits per heavy atom. The van der Waals surface area contributed by atoms with Crippen LogP contribution in [0.25, 0.3) is 0 Å². The number of sulfone groups is 1. The molecule has 0 heterocycles. The molecule has 0 fully saturated rings. The molecule has 1 rings (SSSR count). The van der Waals surface area contributed by atoms with Crippen LogP contribution in [0.1, 0.15) is 0 Å². The van der Waals surface area contributed by atoms with Crippen LogP contribution in [0.5, 0.6) is 5.75 Å². The quantitative estimate of drug-likeness (QED) is 0.732. The summed E-state index contributed by atoms with van der Waals surface area (Å²) in [5.74, 6) is 1.03. The maximum atomic E-state index is 11.0. The van der Waals surface area contributed by atoms with Gasteiger partial charge in [0.15, 0.2) is 0 Å². The molecule has 17 heavy (non-hydrogen) atoms. The third-order valence-electron chi connectivity index (χ3n) is 2.33. The van der Waals surface area contributed by atoms with E-state index in [4.69, 9.17) is 4.74 Å². The molecular formula is C12H19NO3S. The number of rotatable bonds is 7. The van der Waals surface area contributed by atoms with Gasteiger partial charge in [-0.15, -0.1) is 0 Å². The summed E-state index contributed by atoms with van der Waals surface area (Å²) < 4.78 is 27.5. The van der Waals surface area contributed by atoms with Gasteiger partial charge in [-0.1, -0.05) is 18.2 Å². The summed E-state index contributed by atoms with van der Waals surface area (Å²) in [6.45, 7) is 1.81. The Balaban J connectivity index is 2.18. The van der Waals surface area contributed by atoms with Gasteiger partial charge in [0.25, 0.3) is 0 Å². The fourth-order valence-electron chi connectivity index (χ4n) is 1.27. The van der Waals surface area contributed by atoms with Gasteiger partial charge in [-0.3, -0.25) is 0 Å². The van der Waals surface area contributed by atoms with E-state index in [9.17, 15) is 8.42 Å². The van der Waals surface area contributed by atoms with Crippen molar-refractivity contribution in [2.45, 2.75) is 0 Å². The zero-order valence-electron chi connectivity index (χ0n) is 10.3. The molecule has 0 N–H and O–H groups in total. The third kappa shape index (κ3) is 6.97. The number of ether oxygens (including phenoxy) is 1. The lowest BCUT2D eigenvalue weighted by Gasteiger charge is -2.16. The van der Waals surface area contributed by atoms with Crippen molar-refractivity contribution >= 4 is 9.84 Å². The summed E-state index contributed by atoms with van der Waals surface area (Å²) in [4.78, 5) is 1.95. The molecule has 1 aromatic carbocycles. The second-order valence-corrected chi connectivity index (χ2v) is 6.35. The van der Waals surface area contributed by atoms with Crippen molar-refractivity contribution < 1.29 is 13.2 Å². The van der Waals surface area contributed by atoms with Gasteiger partial charge in [-0.25, -0.2) is 8.42 Å². The second kappa shape index (κ2) is 6.61. The highest BCUT2D eigenvalue weighted by molar-refractivity contribution is 7.90. The zero-order valence-corrected chi connectivity index (χ0v) is 11.1. The minimum Gasteiger partial charge on any atom is -0.492 e.